The van der Waals surface area contributed by atoms with Gasteiger partial charge in [0.25, 0.3) is 0 Å². The first-order valence-corrected chi connectivity index (χ1v) is 6.47. The molecule has 0 aliphatic rings. The molecule has 1 aromatic rings. The van der Waals surface area contributed by atoms with E-state index in [-0.39, 0.29) is 6.10 Å². The molecule has 0 spiro atoms. The molecule has 0 saturated heterocycles. The van der Waals surface area contributed by atoms with Gasteiger partial charge in [0.1, 0.15) is 0 Å². The minimum atomic E-state index is -0.210. The zero-order valence-electron chi connectivity index (χ0n) is 10.0. The highest BCUT2D eigenvalue weighted by Gasteiger charge is 2.19. The van der Waals surface area contributed by atoms with Crippen molar-refractivity contribution in [2.45, 2.75) is 46.6 Å². The molecule has 2 unspecified atom stereocenters. The largest absolute Gasteiger partial charge is 0.393 e. The highest BCUT2D eigenvalue weighted by Crippen LogP contribution is 2.24. The Kier molecular flexibility index (Phi) is 4.74. The van der Waals surface area contributed by atoms with Crippen LogP contribution >= 0.6 is 11.3 Å². The Morgan fingerprint density at radius 1 is 1.40 bits per heavy atom. The lowest BCUT2D eigenvalue weighted by Crippen LogP contribution is -2.22. The summed E-state index contributed by atoms with van der Waals surface area (Å²) in [6.45, 7) is 8.30. The normalized spacial score (nSPS) is 15.6. The monoisotopic (exact) mass is 227 g/mol. The van der Waals surface area contributed by atoms with E-state index in [1.54, 1.807) is 11.3 Å². The number of aryl methyl sites for hydroxylation is 2. The maximum absolute atomic E-state index is 9.67. The minimum Gasteiger partial charge on any atom is -0.393 e. The van der Waals surface area contributed by atoms with Crippen LogP contribution in [0.2, 0.25) is 0 Å². The fourth-order valence-corrected chi connectivity index (χ4v) is 2.79. The van der Waals surface area contributed by atoms with Crippen molar-refractivity contribution in [1.29, 1.82) is 0 Å². The van der Waals surface area contributed by atoms with Gasteiger partial charge in [-0.25, -0.2) is 4.98 Å². The van der Waals surface area contributed by atoms with Crippen molar-refractivity contribution in [2.24, 2.45) is 11.8 Å². The molecule has 1 N–H and O–H groups in total. The van der Waals surface area contributed by atoms with Gasteiger partial charge < -0.3 is 5.11 Å². The molecule has 1 rings (SSSR count). The fraction of sp³-hybridized carbons (Fsp3) is 0.750. The lowest BCUT2D eigenvalue weighted by atomic mass is 9.87. The van der Waals surface area contributed by atoms with Crippen molar-refractivity contribution >= 4 is 11.3 Å². The molecule has 1 heterocycles. The Bertz CT molecular complexity index is 286. The van der Waals surface area contributed by atoms with Gasteiger partial charge in [0.15, 0.2) is 0 Å². The molecular weight excluding hydrogens is 206 g/mol. The van der Waals surface area contributed by atoms with E-state index in [1.807, 2.05) is 12.4 Å². The van der Waals surface area contributed by atoms with Gasteiger partial charge in [0, 0.05) is 4.88 Å². The predicted molar refractivity (Wildman–Crippen MR) is 65.2 cm³/mol. The van der Waals surface area contributed by atoms with Crippen molar-refractivity contribution in [3.05, 3.63) is 16.1 Å². The Hall–Kier alpha value is -0.410. The van der Waals surface area contributed by atoms with Crippen LogP contribution in [0, 0.1) is 18.8 Å². The summed E-state index contributed by atoms with van der Waals surface area (Å²) in [6.07, 6.45) is 1.89. The van der Waals surface area contributed by atoms with Crippen molar-refractivity contribution < 1.29 is 5.11 Å². The molecule has 0 amide bonds. The Labute approximate surface area is 96.4 Å². The molecule has 0 aliphatic carbocycles. The molecule has 0 aliphatic heterocycles. The predicted octanol–water partition coefficient (Wildman–Crippen LogP) is 3.04. The minimum absolute atomic E-state index is 0.210. The Morgan fingerprint density at radius 2 is 2.07 bits per heavy atom. The third-order valence-electron chi connectivity index (χ3n) is 3.03. The summed E-state index contributed by atoms with van der Waals surface area (Å²) in [7, 11) is 0. The van der Waals surface area contributed by atoms with Gasteiger partial charge in [-0.1, -0.05) is 13.8 Å². The van der Waals surface area contributed by atoms with Crippen LogP contribution in [0.5, 0.6) is 0 Å². The maximum Gasteiger partial charge on any atom is 0.0797 e. The summed E-state index contributed by atoms with van der Waals surface area (Å²) < 4.78 is 0. The molecule has 86 valence electrons. The lowest BCUT2D eigenvalue weighted by molar-refractivity contribution is 0.0922. The summed E-state index contributed by atoms with van der Waals surface area (Å²) in [4.78, 5) is 5.60. The summed E-state index contributed by atoms with van der Waals surface area (Å²) in [5.74, 6) is 0.935. The number of aliphatic hydroxyl groups excluding tert-OH is 1. The number of nitrogens with zero attached hydrogens (tertiary/aromatic N) is 1. The summed E-state index contributed by atoms with van der Waals surface area (Å²) >= 11 is 1.72. The smallest absolute Gasteiger partial charge is 0.0797 e. The number of aromatic nitrogens is 1. The average molecular weight is 227 g/mol. The maximum atomic E-state index is 9.67. The van der Waals surface area contributed by atoms with Gasteiger partial charge in [-0.2, -0.15) is 0 Å². The molecule has 2 nitrogen and oxygen atoms in total. The van der Waals surface area contributed by atoms with Gasteiger partial charge in [0.05, 0.1) is 17.3 Å². The summed E-state index contributed by atoms with van der Waals surface area (Å²) in [5.41, 5.74) is 3.05. The van der Waals surface area contributed by atoms with E-state index in [0.29, 0.717) is 11.8 Å². The molecule has 0 radical (unpaired) electrons. The van der Waals surface area contributed by atoms with E-state index < -0.39 is 0 Å². The first kappa shape index (κ1) is 12.7. The molecule has 0 bridgehead atoms. The molecular formula is C12H21NOS. The molecule has 1 aromatic heterocycles. The second-order valence-electron chi connectivity index (χ2n) is 4.55. The van der Waals surface area contributed by atoms with Crippen molar-refractivity contribution in [1.82, 2.24) is 4.98 Å². The van der Waals surface area contributed by atoms with E-state index in [9.17, 15) is 5.11 Å². The Morgan fingerprint density at radius 3 is 2.47 bits per heavy atom. The number of rotatable bonds is 5. The number of aliphatic hydroxyl groups is 1. The summed E-state index contributed by atoms with van der Waals surface area (Å²) in [6, 6.07) is 0. The second kappa shape index (κ2) is 5.61. The highest BCUT2D eigenvalue weighted by molar-refractivity contribution is 7.09. The number of hydrogen-bond acceptors (Lipinski definition) is 3. The number of hydrogen-bond donors (Lipinski definition) is 1. The van der Waals surface area contributed by atoms with Crippen LogP contribution in [-0.4, -0.2) is 16.2 Å². The fourth-order valence-electron chi connectivity index (χ4n) is 2.00. The SMILES string of the molecule is Cc1ncsc1CCC(C(C)C)C(C)O. The van der Waals surface area contributed by atoms with Crippen LogP contribution in [0.1, 0.15) is 37.8 Å². The average Bonchev–Trinajstić information content (AvgIpc) is 2.51. The van der Waals surface area contributed by atoms with Crippen LogP contribution in [0.15, 0.2) is 5.51 Å². The standard InChI is InChI=1S/C12H21NOS/c1-8(2)11(10(4)14)5-6-12-9(3)13-7-15-12/h7-8,10-11,14H,5-6H2,1-4H3. The summed E-state index contributed by atoms with van der Waals surface area (Å²) in [5, 5.41) is 9.67. The van der Waals surface area contributed by atoms with E-state index in [4.69, 9.17) is 0 Å². The van der Waals surface area contributed by atoms with Gasteiger partial charge in [-0.05, 0) is 38.5 Å². The van der Waals surface area contributed by atoms with E-state index in [1.165, 1.54) is 4.88 Å². The molecule has 15 heavy (non-hydrogen) atoms. The second-order valence-corrected chi connectivity index (χ2v) is 5.49. The quantitative estimate of drug-likeness (QED) is 0.838. The van der Waals surface area contributed by atoms with Gasteiger partial charge in [-0.3, -0.25) is 0 Å². The molecule has 3 heteroatoms. The zero-order chi connectivity index (χ0) is 11.4. The third kappa shape index (κ3) is 3.58. The van der Waals surface area contributed by atoms with E-state index in [2.05, 4.69) is 25.8 Å². The van der Waals surface area contributed by atoms with E-state index in [0.717, 1.165) is 18.5 Å². The first-order valence-electron chi connectivity index (χ1n) is 5.59. The first-order chi connectivity index (χ1) is 7.02. The van der Waals surface area contributed by atoms with Gasteiger partial charge >= 0.3 is 0 Å². The Balaban J connectivity index is 2.51. The van der Waals surface area contributed by atoms with Crippen LogP contribution in [-0.2, 0) is 6.42 Å². The van der Waals surface area contributed by atoms with E-state index >= 15 is 0 Å². The van der Waals surface area contributed by atoms with Crippen molar-refractivity contribution in [2.75, 3.05) is 0 Å². The third-order valence-corrected chi connectivity index (χ3v) is 4.02. The van der Waals surface area contributed by atoms with Crippen LogP contribution in [0.4, 0.5) is 0 Å². The molecule has 0 fully saturated rings. The van der Waals surface area contributed by atoms with Crippen LogP contribution < -0.4 is 0 Å². The molecule has 2 atom stereocenters. The van der Waals surface area contributed by atoms with Gasteiger partial charge in [0.2, 0.25) is 0 Å². The van der Waals surface area contributed by atoms with Crippen molar-refractivity contribution in [3.8, 4) is 0 Å². The lowest BCUT2D eigenvalue weighted by Gasteiger charge is -2.23. The van der Waals surface area contributed by atoms with Crippen molar-refractivity contribution in [3.63, 3.8) is 0 Å². The van der Waals surface area contributed by atoms with Gasteiger partial charge in [-0.15, -0.1) is 11.3 Å². The highest BCUT2D eigenvalue weighted by atomic mass is 32.1. The molecule has 0 aromatic carbocycles. The number of thiazole rings is 1. The zero-order valence-corrected chi connectivity index (χ0v) is 10.8. The topological polar surface area (TPSA) is 33.1 Å². The van der Waals surface area contributed by atoms with Crippen LogP contribution in [0.25, 0.3) is 0 Å². The van der Waals surface area contributed by atoms with Crippen LogP contribution in [0.3, 0.4) is 0 Å². The molecule has 0 saturated carbocycles.